The molecule has 2 aromatic carbocycles. The van der Waals surface area contributed by atoms with Gasteiger partial charge in [-0.3, -0.25) is 0 Å². The van der Waals surface area contributed by atoms with Crippen LogP contribution in [0.4, 0.5) is 4.79 Å². The van der Waals surface area contributed by atoms with Gasteiger partial charge in [0, 0.05) is 13.1 Å². The minimum Gasteiger partial charge on any atom is -0.497 e. The Labute approximate surface area is 130 Å². The van der Waals surface area contributed by atoms with Crippen molar-refractivity contribution < 1.29 is 9.53 Å². The molecule has 3 rings (SSSR count). The highest BCUT2D eigenvalue weighted by Gasteiger charge is 2.21. The lowest BCUT2D eigenvalue weighted by Crippen LogP contribution is -2.37. The first kappa shape index (κ1) is 14.7. The lowest BCUT2D eigenvalue weighted by molar-refractivity contribution is 0.240. The Morgan fingerprint density at radius 3 is 2.86 bits per heavy atom. The van der Waals surface area contributed by atoms with Crippen LogP contribution in [-0.4, -0.2) is 26.2 Å². The van der Waals surface area contributed by atoms with E-state index >= 15 is 0 Å². The molecule has 0 radical (unpaired) electrons. The van der Waals surface area contributed by atoms with Gasteiger partial charge in [-0.1, -0.05) is 24.3 Å². The van der Waals surface area contributed by atoms with Crippen molar-refractivity contribution in [2.75, 3.05) is 20.2 Å². The summed E-state index contributed by atoms with van der Waals surface area (Å²) in [6.45, 7) is 1.43. The standard InChI is InChI=1S/C18H22N2O2/c1-22-16-8-7-14-3-2-4-15(17(14)11-16)9-10-19-18(21)20-12-13-5-6-13/h2-4,7-8,11,13H,5-6,9-10,12H2,1H3,(H2,19,20,21). The van der Waals surface area contributed by atoms with E-state index in [0.717, 1.165) is 18.7 Å². The van der Waals surface area contributed by atoms with Crippen LogP contribution in [0, 0.1) is 5.92 Å². The summed E-state index contributed by atoms with van der Waals surface area (Å²) in [5.41, 5.74) is 1.22. The molecule has 116 valence electrons. The summed E-state index contributed by atoms with van der Waals surface area (Å²) in [6, 6.07) is 12.3. The first-order valence-corrected chi connectivity index (χ1v) is 7.83. The predicted molar refractivity (Wildman–Crippen MR) is 88.3 cm³/mol. The Hall–Kier alpha value is -2.23. The van der Waals surface area contributed by atoms with E-state index in [0.29, 0.717) is 12.5 Å². The third kappa shape index (κ3) is 3.70. The van der Waals surface area contributed by atoms with E-state index in [4.69, 9.17) is 4.74 Å². The van der Waals surface area contributed by atoms with Gasteiger partial charge in [0.2, 0.25) is 0 Å². The second kappa shape index (κ2) is 6.69. The minimum absolute atomic E-state index is 0.0651. The van der Waals surface area contributed by atoms with Crippen LogP contribution in [0.3, 0.4) is 0 Å². The molecule has 0 saturated heterocycles. The van der Waals surface area contributed by atoms with Crippen LogP contribution in [0.1, 0.15) is 18.4 Å². The molecule has 2 N–H and O–H groups in total. The largest absolute Gasteiger partial charge is 0.497 e. The molecular formula is C18H22N2O2. The highest BCUT2D eigenvalue weighted by molar-refractivity contribution is 5.87. The molecule has 0 aromatic heterocycles. The van der Waals surface area contributed by atoms with Crippen molar-refractivity contribution in [3.8, 4) is 5.75 Å². The fourth-order valence-corrected chi connectivity index (χ4v) is 2.59. The third-order valence-electron chi connectivity index (χ3n) is 4.11. The summed E-state index contributed by atoms with van der Waals surface area (Å²) >= 11 is 0. The number of benzene rings is 2. The maximum Gasteiger partial charge on any atom is 0.314 e. The number of carbonyl (C=O) groups is 1. The van der Waals surface area contributed by atoms with E-state index in [1.807, 2.05) is 6.07 Å². The Kier molecular flexibility index (Phi) is 4.47. The lowest BCUT2D eigenvalue weighted by atomic mass is 10.0. The number of fused-ring (bicyclic) bond motifs is 1. The van der Waals surface area contributed by atoms with Crippen LogP contribution >= 0.6 is 0 Å². The van der Waals surface area contributed by atoms with Crippen LogP contribution in [0.15, 0.2) is 36.4 Å². The molecule has 0 atom stereocenters. The third-order valence-corrected chi connectivity index (χ3v) is 4.11. The Morgan fingerprint density at radius 2 is 2.09 bits per heavy atom. The zero-order chi connectivity index (χ0) is 15.4. The van der Waals surface area contributed by atoms with Crippen molar-refractivity contribution in [2.24, 2.45) is 5.92 Å². The maximum atomic E-state index is 11.7. The summed E-state index contributed by atoms with van der Waals surface area (Å²) in [5.74, 6) is 1.56. The Morgan fingerprint density at radius 1 is 1.23 bits per heavy atom. The van der Waals surface area contributed by atoms with E-state index in [9.17, 15) is 4.79 Å². The zero-order valence-electron chi connectivity index (χ0n) is 12.9. The number of urea groups is 1. The molecule has 22 heavy (non-hydrogen) atoms. The van der Waals surface area contributed by atoms with E-state index in [1.165, 1.54) is 29.2 Å². The zero-order valence-corrected chi connectivity index (χ0v) is 12.9. The molecule has 4 nitrogen and oxygen atoms in total. The fraction of sp³-hybridized carbons (Fsp3) is 0.389. The van der Waals surface area contributed by atoms with Crippen LogP contribution in [0.2, 0.25) is 0 Å². The van der Waals surface area contributed by atoms with E-state index in [-0.39, 0.29) is 6.03 Å². The summed E-state index contributed by atoms with van der Waals surface area (Å²) in [7, 11) is 1.68. The number of hydrogen-bond donors (Lipinski definition) is 2. The molecule has 0 spiro atoms. The van der Waals surface area contributed by atoms with E-state index in [1.54, 1.807) is 7.11 Å². The summed E-state index contributed by atoms with van der Waals surface area (Å²) in [4.78, 5) is 11.7. The smallest absolute Gasteiger partial charge is 0.314 e. The highest BCUT2D eigenvalue weighted by atomic mass is 16.5. The van der Waals surface area contributed by atoms with Crippen molar-refractivity contribution in [2.45, 2.75) is 19.3 Å². The molecule has 2 amide bonds. The number of nitrogens with one attached hydrogen (secondary N) is 2. The Bertz CT molecular complexity index is 665. The van der Waals surface area contributed by atoms with E-state index < -0.39 is 0 Å². The molecule has 0 bridgehead atoms. The second-order valence-electron chi connectivity index (χ2n) is 5.83. The molecule has 1 fully saturated rings. The lowest BCUT2D eigenvalue weighted by Gasteiger charge is -2.10. The number of amides is 2. The molecule has 0 aliphatic heterocycles. The van der Waals surface area contributed by atoms with Crippen molar-refractivity contribution in [3.05, 3.63) is 42.0 Å². The van der Waals surface area contributed by atoms with E-state index in [2.05, 4.69) is 41.0 Å². The second-order valence-corrected chi connectivity index (χ2v) is 5.83. The minimum atomic E-state index is -0.0651. The fourth-order valence-electron chi connectivity index (χ4n) is 2.59. The van der Waals surface area contributed by atoms with Crippen LogP contribution < -0.4 is 15.4 Å². The molecule has 1 aliphatic carbocycles. The summed E-state index contributed by atoms with van der Waals surface area (Å²) < 4.78 is 5.30. The summed E-state index contributed by atoms with van der Waals surface area (Å²) in [6.07, 6.45) is 3.30. The number of methoxy groups -OCH3 is 1. The van der Waals surface area contributed by atoms with Gasteiger partial charge in [-0.15, -0.1) is 0 Å². The van der Waals surface area contributed by atoms with Gasteiger partial charge in [0.25, 0.3) is 0 Å². The van der Waals surface area contributed by atoms with Crippen molar-refractivity contribution in [1.29, 1.82) is 0 Å². The first-order chi connectivity index (χ1) is 10.8. The van der Waals surface area contributed by atoms with Gasteiger partial charge in [-0.05, 0) is 53.6 Å². The molecule has 0 heterocycles. The number of carbonyl (C=O) groups excluding carboxylic acids is 1. The van der Waals surface area contributed by atoms with Gasteiger partial charge in [-0.25, -0.2) is 4.79 Å². The van der Waals surface area contributed by atoms with Crippen molar-refractivity contribution in [3.63, 3.8) is 0 Å². The predicted octanol–water partition coefficient (Wildman–Crippen LogP) is 3.10. The molecule has 2 aromatic rings. The van der Waals surface area contributed by atoms with Gasteiger partial charge >= 0.3 is 6.03 Å². The monoisotopic (exact) mass is 298 g/mol. The van der Waals surface area contributed by atoms with Crippen molar-refractivity contribution in [1.82, 2.24) is 10.6 Å². The number of hydrogen-bond acceptors (Lipinski definition) is 2. The van der Waals surface area contributed by atoms with Gasteiger partial charge in [0.1, 0.15) is 5.75 Å². The SMILES string of the molecule is COc1ccc2cccc(CCNC(=O)NCC3CC3)c2c1. The average Bonchev–Trinajstić information content (AvgIpc) is 3.37. The highest BCUT2D eigenvalue weighted by Crippen LogP contribution is 2.27. The molecule has 1 saturated carbocycles. The summed E-state index contributed by atoms with van der Waals surface area (Å²) in [5, 5.41) is 8.22. The molecule has 0 unspecified atom stereocenters. The van der Waals surface area contributed by atoms with Crippen LogP contribution in [-0.2, 0) is 6.42 Å². The molecule has 1 aliphatic rings. The Balaban J connectivity index is 1.59. The van der Waals surface area contributed by atoms with Gasteiger partial charge in [0.05, 0.1) is 7.11 Å². The van der Waals surface area contributed by atoms with Crippen LogP contribution in [0.5, 0.6) is 5.75 Å². The van der Waals surface area contributed by atoms with Crippen molar-refractivity contribution >= 4 is 16.8 Å². The molecular weight excluding hydrogens is 276 g/mol. The first-order valence-electron chi connectivity index (χ1n) is 7.83. The topological polar surface area (TPSA) is 50.4 Å². The normalized spacial score (nSPS) is 13.9. The van der Waals surface area contributed by atoms with Gasteiger partial charge < -0.3 is 15.4 Å². The average molecular weight is 298 g/mol. The molecule has 4 heteroatoms. The maximum absolute atomic E-state index is 11.7. The van der Waals surface area contributed by atoms with Gasteiger partial charge in [0.15, 0.2) is 0 Å². The van der Waals surface area contributed by atoms with Gasteiger partial charge in [-0.2, -0.15) is 0 Å². The van der Waals surface area contributed by atoms with Crippen LogP contribution in [0.25, 0.3) is 10.8 Å². The number of rotatable bonds is 6. The quantitative estimate of drug-likeness (QED) is 0.861. The number of ether oxygens (including phenoxy) is 1.